The van der Waals surface area contributed by atoms with Crippen LogP contribution >= 0.6 is 23.4 Å². The third kappa shape index (κ3) is 4.09. The Hall–Kier alpha value is -1.83. The van der Waals surface area contributed by atoms with Gasteiger partial charge in [0.05, 0.1) is 24.0 Å². The molecule has 2 saturated heterocycles. The zero-order valence-electron chi connectivity index (χ0n) is 16.1. The number of nitrogens with zero attached hydrogens (tertiary/aromatic N) is 2. The van der Waals surface area contributed by atoms with Gasteiger partial charge in [0.15, 0.2) is 15.0 Å². The quantitative estimate of drug-likeness (QED) is 0.714. The van der Waals surface area contributed by atoms with Crippen molar-refractivity contribution in [3.05, 3.63) is 64.2 Å². The van der Waals surface area contributed by atoms with Gasteiger partial charge < -0.3 is 4.90 Å². The van der Waals surface area contributed by atoms with Crippen molar-refractivity contribution in [2.24, 2.45) is 4.99 Å². The molecule has 0 aliphatic carbocycles. The van der Waals surface area contributed by atoms with Crippen molar-refractivity contribution in [2.45, 2.75) is 31.6 Å². The molecular formula is C21H21ClN2O3S2. The number of benzene rings is 2. The predicted molar refractivity (Wildman–Crippen MR) is 120 cm³/mol. The average molecular weight is 449 g/mol. The number of aliphatic imine (C=N–C) groups is 1. The van der Waals surface area contributed by atoms with E-state index in [1.165, 1.54) is 11.8 Å². The summed E-state index contributed by atoms with van der Waals surface area (Å²) in [5.41, 5.74) is 3.73. The lowest BCUT2D eigenvalue weighted by atomic mass is 10.1. The van der Waals surface area contributed by atoms with E-state index >= 15 is 0 Å². The Kier molecular flexibility index (Phi) is 5.48. The van der Waals surface area contributed by atoms with Crippen LogP contribution in [0, 0.1) is 13.8 Å². The second kappa shape index (κ2) is 7.78. The van der Waals surface area contributed by atoms with E-state index in [0.717, 1.165) is 22.4 Å². The summed E-state index contributed by atoms with van der Waals surface area (Å²) in [6.45, 7) is 3.99. The summed E-state index contributed by atoms with van der Waals surface area (Å²) < 4.78 is 24.5. The molecule has 1 amide bonds. The Morgan fingerprint density at radius 3 is 2.52 bits per heavy atom. The molecule has 2 heterocycles. The van der Waals surface area contributed by atoms with Crippen LogP contribution in [0.25, 0.3) is 0 Å². The van der Waals surface area contributed by atoms with E-state index in [4.69, 9.17) is 11.6 Å². The summed E-state index contributed by atoms with van der Waals surface area (Å²) in [7, 11) is -3.10. The van der Waals surface area contributed by atoms with Crippen LogP contribution in [0.5, 0.6) is 0 Å². The molecule has 0 spiro atoms. The van der Waals surface area contributed by atoms with Crippen LogP contribution < -0.4 is 4.90 Å². The lowest BCUT2D eigenvalue weighted by Crippen LogP contribution is -2.38. The highest BCUT2D eigenvalue weighted by molar-refractivity contribution is 8.16. The van der Waals surface area contributed by atoms with Gasteiger partial charge in [-0.25, -0.2) is 8.42 Å². The van der Waals surface area contributed by atoms with Crippen molar-refractivity contribution >= 4 is 50.0 Å². The molecule has 2 atom stereocenters. The number of halogens is 1. The van der Waals surface area contributed by atoms with Gasteiger partial charge in [-0.15, -0.1) is 0 Å². The number of carbonyl (C=O) groups is 1. The molecule has 0 bridgehead atoms. The van der Waals surface area contributed by atoms with Crippen LogP contribution in [-0.2, 0) is 21.1 Å². The van der Waals surface area contributed by atoms with E-state index in [0.29, 0.717) is 10.2 Å². The van der Waals surface area contributed by atoms with Gasteiger partial charge in [-0.05, 0) is 36.6 Å². The summed E-state index contributed by atoms with van der Waals surface area (Å²) in [6, 6.07) is 13.0. The zero-order chi connectivity index (χ0) is 20.8. The zero-order valence-corrected chi connectivity index (χ0v) is 18.5. The maximum atomic E-state index is 12.7. The molecule has 0 aromatic heterocycles. The molecule has 2 aromatic rings. The number of amidine groups is 1. The highest BCUT2D eigenvalue weighted by Gasteiger charge is 2.49. The first-order valence-electron chi connectivity index (χ1n) is 9.32. The number of carbonyl (C=O) groups excluding carboxylic acids is 1. The summed E-state index contributed by atoms with van der Waals surface area (Å²) in [5.74, 6) is -0.0999. The molecule has 0 N–H and O–H groups in total. The Morgan fingerprint density at radius 2 is 1.83 bits per heavy atom. The fraction of sp³-hybridized carbons (Fsp3) is 0.333. The fourth-order valence-electron chi connectivity index (χ4n) is 3.96. The molecule has 29 heavy (non-hydrogen) atoms. The molecule has 2 fully saturated rings. The molecule has 152 valence electrons. The van der Waals surface area contributed by atoms with Crippen molar-refractivity contribution in [3.63, 3.8) is 0 Å². The van der Waals surface area contributed by atoms with Gasteiger partial charge in [-0.2, -0.15) is 4.99 Å². The Morgan fingerprint density at radius 1 is 1.14 bits per heavy atom. The molecule has 2 aliphatic rings. The largest absolute Gasteiger partial charge is 0.315 e. The fourth-order valence-corrected chi connectivity index (χ4v) is 8.08. The third-order valence-electron chi connectivity index (χ3n) is 5.27. The maximum Gasteiger partial charge on any atom is 0.252 e. The molecule has 0 unspecified atom stereocenters. The van der Waals surface area contributed by atoms with Gasteiger partial charge in [0.1, 0.15) is 0 Å². The Labute approximate surface area is 180 Å². The second-order valence-corrected chi connectivity index (χ2v) is 11.2. The molecular weight excluding hydrogens is 428 g/mol. The monoisotopic (exact) mass is 448 g/mol. The number of sulfone groups is 1. The first kappa shape index (κ1) is 20.4. The number of fused-ring (bicyclic) bond motifs is 1. The van der Waals surface area contributed by atoms with Gasteiger partial charge in [-0.1, -0.05) is 59.8 Å². The standard InChI is InChI=1S/C21H21ClN2O3S2/c1-13-6-5-7-14(2)20(13)24-17-11-29(26,27)12-18(17)28-21(24)23-19(25)10-15-8-3-4-9-16(15)22/h3-9,17-18H,10-12H2,1-2H3/t17-,18+/m1/s1. The van der Waals surface area contributed by atoms with Gasteiger partial charge in [0, 0.05) is 16.0 Å². The molecule has 2 aromatic carbocycles. The van der Waals surface area contributed by atoms with E-state index in [9.17, 15) is 13.2 Å². The van der Waals surface area contributed by atoms with Gasteiger partial charge in [0.2, 0.25) is 0 Å². The Bertz CT molecular complexity index is 1090. The van der Waals surface area contributed by atoms with Crippen LogP contribution in [0.15, 0.2) is 47.5 Å². The molecule has 5 nitrogen and oxygen atoms in total. The van der Waals surface area contributed by atoms with Crippen LogP contribution in [-0.4, -0.2) is 42.3 Å². The number of amides is 1. The van der Waals surface area contributed by atoms with E-state index in [2.05, 4.69) is 4.99 Å². The minimum atomic E-state index is -3.10. The van der Waals surface area contributed by atoms with Crippen molar-refractivity contribution in [3.8, 4) is 0 Å². The summed E-state index contributed by atoms with van der Waals surface area (Å²) in [4.78, 5) is 19.1. The van der Waals surface area contributed by atoms with E-state index in [-0.39, 0.29) is 35.1 Å². The molecule has 2 aliphatic heterocycles. The number of hydrogen-bond donors (Lipinski definition) is 0. The average Bonchev–Trinajstić information content (AvgIpc) is 3.09. The first-order valence-corrected chi connectivity index (χ1v) is 12.4. The van der Waals surface area contributed by atoms with Crippen molar-refractivity contribution < 1.29 is 13.2 Å². The first-order chi connectivity index (χ1) is 13.7. The minimum absolute atomic E-state index is 0.0795. The number of aryl methyl sites for hydroxylation is 2. The van der Waals surface area contributed by atoms with Gasteiger partial charge in [0.25, 0.3) is 5.91 Å². The minimum Gasteiger partial charge on any atom is -0.315 e. The summed E-state index contributed by atoms with van der Waals surface area (Å²) in [6.07, 6.45) is 0.109. The third-order valence-corrected chi connectivity index (χ3v) is 8.85. The highest BCUT2D eigenvalue weighted by atomic mass is 35.5. The lowest BCUT2D eigenvalue weighted by molar-refractivity contribution is -0.117. The van der Waals surface area contributed by atoms with Gasteiger partial charge >= 0.3 is 0 Å². The van der Waals surface area contributed by atoms with Gasteiger partial charge in [-0.3, -0.25) is 4.79 Å². The van der Waals surface area contributed by atoms with E-state index in [1.807, 2.05) is 55.1 Å². The van der Waals surface area contributed by atoms with Crippen molar-refractivity contribution in [1.29, 1.82) is 0 Å². The smallest absolute Gasteiger partial charge is 0.252 e. The molecule has 0 saturated carbocycles. The van der Waals surface area contributed by atoms with E-state index in [1.54, 1.807) is 6.07 Å². The van der Waals surface area contributed by atoms with E-state index < -0.39 is 9.84 Å². The summed E-state index contributed by atoms with van der Waals surface area (Å²) >= 11 is 7.57. The van der Waals surface area contributed by atoms with Crippen molar-refractivity contribution in [2.75, 3.05) is 16.4 Å². The lowest BCUT2D eigenvalue weighted by Gasteiger charge is -2.28. The number of thioether (sulfide) groups is 1. The van der Waals surface area contributed by atoms with Crippen LogP contribution in [0.2, 0.25) is 5.02 Å². The van der Waals surface area contributed by atoms with Crippen LogP contribution in [0.4, 0.5) is 5.69 Å². The molecule has 4 rings (SSSR count). The molecule has 0 radical (unpaired) electrons. The maximum absolute atomic E-state index is 12.7. The normalized spacial score (nSPS) is 24.1. The topological polar surface area (TPSA) is 66.8 Å². The molecule has 8 heteroatoms. The Balaban J connectivity index is 1.71. The number of para-hydroxylation sites is 1. The highest BCUT2D eigenvalue weighted by Crippen LogP contribution is 2.43. The SMILES string of the molecule is Cc1cccc(C)c1N1C(=NC(=O)Cc2ccccc2Cl)S[C@H]2CS(=O)(=O)C[C@H]21. The summed E-state index contributed by atoms with van der Waals surface area (Å²) in [5, 5.41) is 0.991. The predicted octanol–water partition coefficient (Wildman–Crippen LogP) is 3.80. The number of rotatable bonds is 3. The van der Waals surface area contributed by atoms with Crippen LogP contribution in [0.3, 0.4) is 0 Å². The number of hydrogen-bond acceptors (Lipinski definition) is 4. The second-order valence-electron chi connectivity index (χ2n) is 7.47. The number of anilines is 1. The van der Waals surface area contributed by atoms with Crippen molar-refractivity contribution in [1.82, 2.24) is 0 Å². The van der Waals surface area contributed by atoms with Crippen LogP contribution in [0.1, 0.15) is 16.7 Å².